The molecule has 0 bridgehead atoms. The molecule has 4 heteroatoms. The van der Waals surface area contributed by atoms with E-state index in [4.69, 9.17) is 4.74 Å². The average molecular weight is 353 g/mol. The lowest BCUT2D eigenvalue weighted by Gasteiger charge is -2.29. The summed E-state index contributed by atoms with van der Waals surface area (Å²) in [7, 11) is 0. The van der Waals surface area contributed by atoms with E-state index in [1.54, 1.807) is 0 Å². The number of hydrogen-bond acceptors (Lipinski definition) is 3. The third-order valence-corrected chi connectivity index (χ3v) is 5.75. The van der Waals surface area contributed by atoms with Gasteiger partial charge in [0.25, 0.3) is 0 Å². The molecule has 0 atom stereocenters. The number of piperidine rings is 1. The number of likely N-dealkylation sites (tertiary alicyclic amines) is 1. The lowest BCUT2D eigenvalue weighted by molar-refractivity contribution is 0.0772. The summed E-state index contributed by atoms with van der Waals surface area (Å²) in [5, 5.41) is 0. The molecule has 1 heterocycles. The summed E-state index contributed by atoms with van der Waals surface area (Å²) >= 11 is 0. The number of amides is 1. The van der Waals surface area contributed by atoms with Crippen LogP contribution in [0.2, 0.25) is 0 Å². The maximum Gasteiger partial charge on any atom is 0.409 e. The minimum atomic E-state index is -0.0788. The van der Waals surface area contributed by atoms with Gasteiger partial charge >= 0.3 is 6.09 Å². The van der Waals surface area contributed by atoms with Gasteiger partial charge in [-0.15, -0.1) is 0 Å². The fourth-order valence-corrected chi connectivity index (χ4v) is 4.01. The molecule has 0 spiro atoms. The Morgan fingerprint density at radius 3 is 2.40 bits per heavy atom. The zero-order valence-electron chi connectivity index (χ0n) is 16.7. The molecule has 1 aliphatic carbocycles. The molecule has 0 aromatic carbocycles. The molecular weight excluding hydrogens is 312 g/mol. The van der Waals surface area contributed by atoms with E-state index in [2.05, 4.69) is 18.7 Å². The highest BCUT2D eigenvalue weighted by Crippen LogP contribution is 2.24. The Balaban J connectivity index is 1.71. The monoisotopic (exact) mass is 352 g/mol. The number of rotatable bonds is 9. The van der Waals surface area contributed by atoms with Gasteiger partial charge in [-0.3, -0.25) is 0 Å². The van der Waals surface area contributed by atoms with E-state index in [9.17, 15) is 4.79 Å². The van der Waals surface area contributed by atoms with Crippen LogP contribution in [0.3, 0.4) is 0 Å². The summed E-state index contributed by atoms with van der Waals surface area (Å²) in [5.74, 6) is 1.22. The lowest BCUT2D eigenvalue weighted by Crippen LogP contribution is -2.37. The SMILES string of the molecule is CC(C)CCN(CCCN1CCCCC1)C(=O)OCC1CCCCC1. The van der Waals surface area contributed by atoms with Crippen LogP contribution in [0.15, 0.2) is 0 Å². The summed E-state index contributed by atoms with van der Waals surface area (Å²) in [6.07, 6.45) is 12.5. The highest BCUT2D eigenvalue weighted by Gasteiger charge is 2.20. The molecule has 2 rings (SSSR count). The fraction of sp³-hybridized carbons (Fsp3) is 0.952. The molecule has 1 aliphatic heterocycles. The minimum absolute atomic E-state index is 0.0788. The Bertz CT molecular complexity index is 361. The van der Waals surface area contributed by atoms with Crippen LogP contribution in [0.5, 0.6) is 0 Å². The van der Waals surface area contributed by atoms with Gasteiger partial charge in [-0.2, -0.15) is 0 Å². The molecule has 2 aliphatic rings. The van der Waals surface area contributed by atoms with Crippen LogP contribution >= 0.6 is 0 Å². The number of carbonyl (C=O) groups is 1. The Labute approximate surface area is 155 Å². The van der Waals surface area contributed by atoms with Crippen molar-refractivity contribution in [3.63, 3.8) is 0 Å². The van der Waals surface area contributed by atoms with Crippen LogP contribution < -0.4 is 0 Å². The maximum absolute atomic E-state index is 12.6. The average Bonchev–Trinajstić information content (AvgIpc) is 2.64. The Hall–Kier alpha value is -0.770. The van der Waals surface area contributed by atoms with Crippen molar-refractivity contribution < 1.29 is 9.53 Å². The third kappa shape index (κ3) is 8.44. The second kappa shape index (κ2) is 11.8. The van der Waals surface area contributed by atoms with Gasteiger partial charge in [0.05, 0.1) is 6.61 Å². The molecular formula is C21H40N2O2. The second-order valence-corrected chi connectivity index (χ2v) is 8.51. The quantitative estimate of drug-likeness (QED) is 0.590. The zero-order chi connectivity index (χ0) is 17.9. The molecule has 0 N–H and O–H groups in total. The number of nitrogens with zero attached hydrogens (tertiary/aromatic N) is 2. The van der Waals surface area contributed by atoms with E-state index in [1.165, 1.54) is 64.5 Å². The predicted molar refractivity (Wildman–Crippen MR) is 104 cm³/mol. The Kier molecular flexibility index (Phi) is 9.67. The Morgan fingerprint density at radius 1 is 1.04 bits per heavy atom. The van der Waals surface area contributed by atoms with Gasteiger partial charge in [-0.25, -0.2) is 4.79 Å². The smallest absolute Gasteiger partial charge is 0.409 e. The summed E-state index contributed by atoms with van der Waals surface area (Å²) in [5.41, 5.74) is 0. The molecule has 0 aromatic heterocycles. The third-order valence-electron chi connectivity index (χ3n) is 5.75. The Morgan fingerprint density at radius 2 is 1.72 bits per heavy atom. The fourth-order valence-electron chi connectivity index (χ4n) is 4.01. The number of hydrogen-bond donors (Lipinski definition) is 0. The van der Waals surface area contributed by atoms with Crippen molar-refractivity contribution in [1.29, 1.82) is 0 Å². The van der Waals surface area contributed by atoms with Crippen molar-refractivity contribution in [3.05, 3.63) is 0 Å². The minimum Gasteiger partial charge on any atom is -0.449 e. The summed E-state index contributed by atoms with van der Waals surface area (Å²) in [6, 6.07) is 0. The van der Waals surface area contributed by atoms with Crippen molar-refractivity contribution in [2.24, 2.45) is 11.8 Å². The van der Waals surface area contributed by atoms with Crippen LogP contribution in [0, 0.1) is 11.8 Å². The summed E-state index contributed by atoms with van der Waals surface area (Å²) in [4.78, 5) is 17.1. The van der Waals surface area contributed by atoms with Crippen molar-refractivity contribution >= 4 is 6.09 Å². The van der Waals surface area contributed by atoms with Crippen LogP contribution in [-0.2, 0) is 4.74 Å². The van der Waals surface area contributed by atoms with Gasteiger partial charge in [0.15, 0.2) is 0 Å². The highest BCUT2D eigenvalue weighted by atomic mass is 16.6. The topological polar surface area (TPSA) is 32.8 Å². The van der Waals surface area contributed by atoms with Crippen LogP contribution in [-0.4, -0.2) is 55.2 Å². The normalized spacial score (nSPS) is 20.0. The van der Waals surface area contributed by atoms with Crippen LogP contribution in [0.1, 0.15) is 78.1 Å². The van der Waals surface area contributed by atoms with E-state index in [1.807, 2.05) is 4.90 Å². The van der Waals surface area contributed by atoms with Crippen LogP contribution in [0.4, 0.5) is 4.79 Å². The van der Waals surface area contributed by atoms with Crippen molar-refractivity contribution in [1.82, 2.24) is 9.80 Å². The van der Waals surface area contributed by atoms with Gasteiger partial charge in [-0.1, -0.05) is 39.5 Å². The molecule has 0 aromatic rings. The molecule has 2 fully saturated rings. The number of carbonyl (C=O) groups excluding carboxylic acids is 1. The molecule has 1 saturated carbocycles. The van der Waals surface area contributed by atoms with E-state index in [0.717, 1.165) is 32.5 Å². The van der Waals surface area contributed by atoms with E-state index in [-0.39, 0.29) is 6.09 Å². The second-order valence-electron chi connectivity index (χ2n) is 8.51. The van der Waals surface area contributed by atoms with Gasteiger partial charge in [0, 0.05) is 13.1 Å². The maximum atomic E-state index is 12.6. The molecule has 0 radical (unpaired) electrons. The first-order valence-corrected chi connectivity index (χ1v) is 10.8. The van der Waals surface area contributed by atoms with E-state index >= 15 is 0 Å². The molecule has 4 nitrogen and oxygen atoms in total. The van der Waals surface area contributed by atoms with Gasteiger partial charge in [-0.05, 0) is 70.0 Å². The standard InChI is InChI=1S/C21H40N2O2/c1-19(2)12-17-23(16-9-15-22-13-7-4-8-14-22)21(24)25-18-20-10-5-3-6-11-20/h19-20H,3-18H2,1-2H3. The first-order chi connectivity index (χ1) is 12.1. The molecule has 1 amide bonds. The van der Waals surface area contributed by atoms with Crippen LogP contribution in [0.25, 0.3) is 0 Å². The molecule has 25 heavy (non-hydrogen) atoms. The largest absolute Gasteiger partial charge is 0.449 e. The summed E-state index contributed by atoms with van der Waals surface area (Å²) < 4.78 is 5.69. The van der Waals surface area contributed by atoms with Gasteiger partial charge < -0.3 is 14.5 Å². The highest BCUT2D eigenvalue weighted by molar-refractivity contribution is 5.67. The van der Waals surface area contributed by atoms with Gasteiger partial charge in [0.2, 0.25) is 0 Å². The number of ether oxygens (including phenoxy) is 1. The summed E-state index contributed by atoms with van der Waals surface area (Å²) in [6.45, 7) is 10.3. The molecule has 146 valence electrons. The first-order valence-electron chi connectivity index (χ1n) is 10.8. The van der Waals surface area contributed by atoms with E-state index < -0.39 is 0 Å². The molecule has 1 saturated heterocycles. The van der Waals surface area contributed by atoms with Gasteiger partial charge in [0.1, 0.15) is 0 Å². The predicted octanol–water partition coefficient (Wildman–Crippen LogP) is 4.93. The van der Waals surface area contributed by atoms with Crippen molar-refractivity contribution in [3.8, 4) is 0 Å². The zero-order valence-corrected chi connectivity index (χ0v) is 16.7. The first kappa shape index (κ1) is 20.5. The lowest BCUT2D eigenvalue weighted by atomic mass is 9.90. The van der Waals surface area contributed by atoms with Crippen molar-refractivity contribution in [2.75, 3.05) is 39.3 Å². The molecule has 0 unspecified atom stereocenters. The van der Waals surface area contributed by atoms with E-state index in [0.29, 0.717) is 18.4 Å². The van der Waals surface area contributed by atoms with Crippen molar-refractivity contribution in [2.45, 2.75) is 78.1 Å².